The summed E-state index contributed by atoms with van der Waals surface area (Å²) in [6.07, 6.45) is 0. The van der Waals surface area contributed by atoms with E-state index in [2.05, 4.69) is 39.7 Å². The van der Waals surface area contributed by atoms with E-state index in [-0.39, 0.29) is 0 Å². The fraction of sp³-hybridized carbons (Fsp3) is 0.273. The molecule has 0 fully saturated rings. The molecule has 1 aromatic carbocycles. The predicted octanol–water partition coefficient (Wildman–Crippen LogP) is 4.17. The van der Waals surface area contributed by atoms with E-state index < -0.39 is 0 Å². The molecule has 1 heterocycles. The van der Waals surface area contributed by atoms with Crippen LogP contribution in [0.25, 0.3) is 10.9 Å². The van der Waals surface area contributed by atoms with Gasteiger partial charge in [0.15, 0.2) is 0 Å². The summed E-state index contributed by atoms with van der Waals surface area (Å²) in [4.78, 5) is 8.85. The van der Waals surface area contributed by atoms with Gasteiger partial charge < -0.3 is 0 Å². The van der Waals surface area contributed by atoms with Crippen LogP contribution >= 0.6 is 27.5 Å². The Bertz CT molecular complexity index is 511. The minimum atomic E-state index is 0.293. The van der Waals surface area contributed by atoms with Crippen molar-refractivity contribution in [3.05, 3.63) is 33.6 Å². The number of benzene rings is 1. The fourth-order valence-corrected chi connectivity index (χ4v) is 2.07. The second-order valence-corrected chi connectivity index (χ2v) is 4.82. The van der Waals surface area contributed by atoms with Crippen LogP contribution in [-0.4, -0.2) is 9.97 Å². The van der Waals surface area contributed by atoms with Crippen molar-refractivity contribution in [1.29, 1.82) is 0 Å². The van der Waals surface area contributed by atoms with Crippen molar-refractivity contribution in [2.45, 2.75) is 19.8 Å². The van der Waals surface area contributed by atoms with Crippen LogP contribution < -0.4 is 0 Å². The minimum absolute atomic E-state index is 0.293. The Morgan fingerprint density at radius 2 is 2.00 bits per heavy atom. The van der Waals surface area contributed by atoms with Gasteiger partial charge >= 0.3 is 0 Å². The number of nitrogens with zero attached hydrogens (tertiary/aromatic N) is 2. The number of rotatable bonds is 1. The Balaban J connectivity index is 2.80. The van der Waals surface area contributed by atoms with E-state index in [1.54, 1.807) is 0 Å². The number of fused-ring (bicyclic) bond motifs is 1. The molecule has 1 aromatic heterocycles. The van der Waals surface area contributed by atoms with E-state index in [0.717, 1.165) is 21.3 Å². The molecule has 0 aliphatic carbocycles. The number of aromatic nitrogens is 2. The van der Waals surface area contributed by atoms with E-state index in [0.29, 0.717) is 10.9 Å². The van der Waals surface area contributed by atoms with Crippen LogP contribution in [-0.2, 0) is 0 Å². The van der Waals surface area contributed by atoms with Crippen LogP contribution in [0.15, 0.2) is 22.8 Å². The molecule has 2 rings (SSSR count). The fourth-order valence-electron chi connectivity index (χ4n) is 1.35. The highest BCUT2D eigenvalue weighted by atomic mass is 79.9. The van der Waals surface area contributed by atoms with Crippen LogP contribution in [0.1, 0.15) is 25.6 Å². The number of hydrogen-bond donors (Lipinski definition) is 0. The largest absolute Gasteiger partial charge is 0.231 e. The molecular formula is C11H10BrClN2. The molecule has 78 valence electrons. The van der Waals surface area contributed by atoms with Gasteiger partial charge in [-0.05, 0) is 28.1 Å². The van der Waals surface area contributed by atoms with E-state index in [4.69, 9.17) is 11.6 Å². The van der Waals surface area contributed by atoms with Gasteiger partial charge in [-0.1, -0.05) is 31.5 Å². The molecular weight excluding hydrogens is 275 g/mol. The van der Waals surface area contributed by atoms with Gasteiger partial charge in [0, 0.05) is 11.3 Å². The van der Waals surface area contributed by atoms with Gasteiger partial charge in [-0.15, -0.1) is 0 Å². The molecule has 4 heteroatoms. The summed E-state index contributed by atoms with van der Waals surface area (Å²) in [5, 5.41) is 1.62. The highest BCUT2D eigenvalue weighted by Crippen LogP contribution is 2.27. The Labute approximate surface area is 102 Å². The maximum atomic E-state index is 6.09. The Kier molecular flexibility index (Phi) is 2.94. The first-order valence-electron chi connectivity index (χ1n) is 4.71. The normalized spacial score (nSPS) is 11.3. The van der Waals surface area contributed by atoms with Crippen LogP contribution in [0.3, 0.4) is 0 Å². The molecule has 0 spiro atoms. The quantitative estimate of drug-likeness (QED) is 0.735. The Morgan fingerprint density at radius 3 is 2.67 bits per heavy atom. The Hall–Kier alpha value is -0.670. The lowest BCUT2D eigenvalue weighted by Crippen LogP contribution is -1.98. The first-order valence-corrected chi connectivity index (χ1v) is 5.88. The molecule has 0 aliphatic rings. The maximum absolute atomic E-state index is 6.09. The van der Waals surface area contributed by atoms with Crippen molar-refractivity contribution in [1.82, 2.24) is 9.97 Å². The Morgan fingerprint density at radius 1 is 1.27 bits per heavy atom. The van der Waals surface area contributed by atoms with E-state index in [1.165, 1.54) is 0 Å². The molecule has 2 nitrogen and oxygen atoms in total. The molecule has 0 saturated carbocycles. The molecule has 0 amide bonds. The van der Waals surface area contributed by atoms with Crippen molar-refractivity contribution in [2.24, 2.45) is 0 Å². The molecule has 0 aliphatic heterocycles. The van der Waals surface area contributed by atoms with Gasteiger partial charge in [0.2, 0.25) is 0 Å². The van der Waals surface area contributed by atoms with E-state index >= 15 is 0 Å². The third-order valence-electron chi connectivity index (χ3n) is 2.16. The molecule has 0 unspecified atom stereocenters. The average Bonchev–Trinajstić information content (AvgIpc) is 2.19. The van der Waals surface area contributed by atoms with Crippen molar-refractivity contribution in [2.75, 3.05) is 0 Å². The van der Waals surface area contributed by atoms with Crippen LogP contribution in [0, 0.1) is 0 Å². The highest BCUT2D eigenvalue weighted by molar-refractivity contribution is 9.10. The minimum Gasteiger partial charge on any atom is -0.231 e. The van der Waals surface area contributed by atoms with Gasteiger partial charge in [0.1, 0.15) is 10.4 Å². The van der Waals surface area contributed by atoms with Crippen molar-refractivity contribution >= 4 is 38.4 Å². The lowest BCUT2D eigenvalue weighted by atomic mass is 10.2. The summed E-state index contributed by atoms with van der Waals surface area (Å²) in [5.74, 6) is 1.10. The monoisotopic (exact) mass is 284 g/mol. The topological polar surface area (TPSA) is 25.8 Å². The van der Waals surface area contributed by atoms with E-state index in [9.17, 15) is 0 Å². The van der Waals surface area contributed by atoms with Gasteiger partial charge in [-0.3, -0.25) is 0 Å². The summed E-state index contributed by atoms with van der Waals surface area (Å²) in [7, 11) is 0. The molecule has 0 bridgehead atoms. The summed E-state index contributed by atoms with van der Waals surface area (Å²) < 4.78 is 0.804. The van der Waals surface area contributed by atoms with E-state index in [1.807, 2.05) is 18.2 Å². The third kappa shape index (κ3) is 1.99. The summed E-state index contributed by atoms with van der Waals surface area (Å²) in [6, 6.07) is 5.69. The van der Waals surface area contributed by atoms with Crippen LogP contribution in [0.5, 0.6) is 0 Å². The molecule has 2 aromatic rings. The molecule has 0 N–H and O–H groups in total. The second kappa shape index (κ2) is 4.06. The number of halogens is 2. The smallest absolute Gasteiger partial charge is 0.132 e. The zero-order valence-corrected chi connectivity index (χ0v) is 10.8. The number of para-hydroxylation sites is 1. The van der Waals surface area contributed by atoms with Crippen molar-refractivity contribution in [3.8, 4) is 0 Å². The van der Waals surface area contributed by atoms with Crippen LogP contribution in [0.2, 0.25) is 5.02 Å². The van der Waals surface area contributed by atoms with Gasteiger partial charge in [0.25, 0.3) is 0 Å². The summed E-state index contributed by atoms with van der Waals surface area (Å²) >= 11 is 9.53. The standard InChI is InChI=1S/C11H10BrClN2/c1-6(2)11-14-9-7(10(12)15-11)4-3-5-8(9)13/h3-6H,1-2H3. The number of hydrogen-bond acceptors (Lipinski definition) is 2. The summed E-state index contributed by atoms with van der Waals surface area (Å²) in [5.41, 5.74) is 0.810. The first-order chi connectivity index (χ1) is 7.09. The zero-order chi connectivity index (χ0) is 11.0. The first kappa shape index (κ1) is 10.8. The predicted molar refractivity (Wildman–Crippen MR) is 66.3 cm³/mol. The van der Waals surface area contributed by atoms with Gasteiger partial charge in [0.05, 0.1) is 10.5 Å². The molecule has 15 heavy (non-hydrogen) atoms. The van der Waals surface area contributed by atoms with Crippen molar-refractivity contribution < 1.29 is 0 Å². The molecule has 0 saturated heterocycles. The molecule has 0 radical (unpaired) electrons. The van der Waals surface area contributed by atoms with Gasteiger partial charge in [-0.2, -0.15) is 0 Å². The lowest BCUT2D eigenvalue weighted by Gasteiger charge is -2.07. The average molecular weight is 286 g/mol. The lowest BCUT2D eigenvalue weighted by molar-refractivity contribution is 0.779. The highest BCUT2D eigenvalue weighted by Gasteiger charge is 2.10. The van der Waals surface area contributed by atoms with Gasteiger partial charge in [-0.25, -0.2) is 9.97 Å². The SMILES string of the molecule is CC(C)c1nc(Br)c2cccc(Cl)c2n1. The van der Waals surface area contributed by atoms with Crippen LogP contribution in [0.4, 0.5) is 0 Å². The third-order valence-corrected chi connectivity index (χ3v) is 3.07. The second-order valence-electron chi connectivity index (χ2n) is 3.66. The molecule has 0 atom stereocenters. The maximum Gasteiger partial charge on any atom is 0.132 e. The summed E-state index contributed by atoms with van der Waals surface area (Å²) in [6.45, 7) is 4.12. The van der Waals surface area contributed by atoms with Crippen molar-refractivity contribution in [3.63, 3.8) is 0 Å². The zero-order valence-electron chi connectivity index (χ0n) is 8.46.